The van der Waals surface area contributed by atoms with Crippen LogP contribution in [0.1, 0.15) is 28.8 Å². The van der Waals surface area contributed by atoms with Crippen molar-refractivity contribution in [2.45, 2.75) is 25.9 Å². The molecule has 6 nitrogen and oxygen atoms in total. The van der Waals surface area contributed by atoms with Crippen LogP contribution in [-0.4, -0.2) is 35.6 Å². The van der Waals surface area contributed by atoms with Gasteiger partial charge in [0.1, 0.15) is 6.54 Å². The van der Waals surface area contributed by atoms with E-state index in [0.717, 1.165) is 0 Å². The van der Waals surface area contributed by atoms with Crippen molar-refractivity contribution in [3.8, 4) is 0 Å². The number of alkyl halides is 3. The van der Waals surface area contributed by atoms with Crippen LogP contribution in [0, 0.1) is 18.8 Å². The monoisotopic (exact) mass is 358 g/mol. The summed E-state index contributed by atoms with van der Waals surface area (Å²) in [4.78, 5) is 34.9. The van der Waals surface area contributed by atoms with Crippen molar-refractivity contribution in [2.24, 2.45) is 11.8 Å². The van der Waals surface area contributed by atoms with E-state index in [2.05, 4.69) is 5.32 Å². The molecular weight excluding hydrogens is 341 g/mol. The van der Waals surface area contributed by atoms with E-state index in [-0.39, 0.29) is 11.3 Å². The predicted octanol–water partition coefficient (Wildman–Crippen LogP) is 2.34. The second-order valence-corrected chi connectivity index (χ2v) is 5.95. The van der Waals surface area contributed by atoms with Gasteiger partial charge in [0, 0.05) is 11.3 Å². The van der Waals surface area contributed by atoms with Crippen LogP contribution >= 0.6 is 0 Å². The number of hydrogen-bond acceptors (Lipinski definition) is 3. The maximum atomic E-state index is 12.2. The zero-order valence-corrected chi connectivity index (χ0v) is 13.3. The molecule has 3 N–H and O–H groups in total. The molecule has 2 amide bonds. The summed E-state index contributed by atoms with van der Waals surface area (Å²) in [5.41, 5.74) is 0.834. The Balaban J connectivity index is 2.07. The van der Waals surface area contributed by atoms with Crippen LogP contribution in [0.25, 0.3) is 0 Å². The summed E-state index contributed by atoms with van der Waals surface area (Å²) in [6, 6.07) is 4.11. The minimum Gasteiger partial charge on any atom is -0.481 e. The highest BCUT2D eigenvalue weighted by atomic mass is 19.4. The van der Waals surface area contributed by atoms with Crippen LogP contribution in [-0.2, 0) is 9.59 Å². The SMILES string of the molecule is Cc1ccc(C(=O)NCC(F)(F)F)cc1NC(=O)C1CCC1C(=O)O. The van der Waals surface area contributed by atoms with E-state index in [1.807, 2.05) is 0 Å². The number of nitrogens with one attached hydrogen (secondary N) is 2. The van der Waals surface area contributed by atoms with Gasteiger partial charge in [-0.05, 0) is 37.5 Å². The standard InChI is InChI=1S/C16H17F3N2O4/c1-8-2-3-9(13(22)20-7-16(17,18)19)6-12(8)21-14(23)10-4-5-11(10)15(24)25/h2-3,6,10-11H,4-5,7H2,1H3,(H,20,22)(H,21,23)(H,24,25). The summed E-state index contributed by atoms with van der Waals surface area (Å²) in [6.07, 6.45) is -3.65. The molecule has 0 aliphatic heterocycles. The number of hydrogen-bond donors (Lipinski definition) is 3. The van der Waals surface area contributed by atoms with Crippen LogP contribution in [0.15, 0.2) is 18.2 Å². The van der Waals surface area contributed by atoms with Gasteiger partial charge < -0.3 is 15.7 Å². The fraction of sp³-hybridized carbons (Fsp3) is 0.438. The summed E-state index contributed by atoms with van der Waals surface area (Å²) >= 11 is 0. The van der Waals surface area contributed by atoms with Crippen LogP contribution in [0.5, 0.6) is 0 Å². The lowest BCUT2D eigenvalue weighted by atomic mass is 9.73. The van der Waals surface area contributed by atoms with Gasteiger partial charge >= 0.3 is 12.1 Å². The van der Waals surface area contributed by atoms with Crippen molar-refractivity contribution in [2.75, 3.05) is 11.9 Å². The molecule has 1 fully saturated rings. The fourth-order valence-electron chi connectivity index (χ4n) is 2.52. The maximum Gasteiger partial charge on any atom is 0.405 e. The van der Waals surface area contributed by atoms with Crippen molar-refractivity contribution in [3.05, 3.63) is 29.3 Å². The van der Waals surface area contributed by atoms with Crippen molar-refractivity contribution >= 4 is 23.5 Å². The second kappa shape index (κ2) is 7.12. The Kier molecular flexibility index (Phi) is 5.34. The summed E-state index contributed by atoms with van der Waals surface area (Å²) in [5.74, 6) is -3.82. The third-order valence-electron chi connectivity index (χ3n) is 4.14. The van der Waals surface area contributed by atoms with E-state index in [1.54, 1.807) is 12.2 Å². The smallest absolute Gasteiger partial charge is 0.405 e. The molecule has 1 saturated carbocycles. The average Bonchev–Trinajstić information content (AvgIpc) is 2.44. The first-order valence-electron chi connectivity index (χ1n) is 7.58. The lowest BCUT2D eigenvalue weighted by Gasteiger charge is -2.32. The number of anilines is 1. The van der Waals surface area contributed by atoms with Crippen LogP contribution < -0.4 is 10.6 Å². The Hall–Kier alpha value is -2.58. The summed E-state index contributed by atoms with van der Waals surface area (Å²) < 4.78 is 36.5. The molecule has 2 atom stereocenters. The fourth-order valence-corrected chi connectivity index (χ4v) is 2.52. The zero-order valence-electron chi connectivity index (χ0n) is 13.3. The number of halogens is 3. The summed E-state index contributed by atoms with van der Waals surface area (Å²) in [6.45, 7) is 0.201. The molecule has 0 bridgehead atoms. The molecule has 0 saturated heterocycles. The number of amides is 2. The van der Waals surface area contributed by atoms with E-state index < -0.39 is 42.3 Å². The number of carboxylic acids is 1. The summed E-state index contributed by atoms with van der Waals surface area (Å²) in [5, 5.41) is 13.3. The third kappa shape index (κ3) is 4.71. The first kappa shape index (κ1) is 18.8. The van der Waals surface area contributed by atoms with Gasteiger partial charge in [-0.25, -0.2) is 0 Å². The van der Waals surface area contributed by atoms with Crippen LogP contribution in [0.3, 0.4) is 0 Å². The number of carboxylic acid groups (broad SMARTS) is 1. The lowest BCUT2D eigenvalue weighted by molar-refractivity contribution is -0.151. The van der Waals surface area contributed by atoms with Gasteiger partial charge in [-0.1, -0.05) is 6.07 Å². The van der Waals surface area contributed by atoms with E-state index in [4.69, 9.17) is 5.11 Å². The Morgan fingerprint density at radius 3 is 2.36 bits per heavy atom. The molecular formula is C16H17F3N2O4. The topological polar surface area (TPSA) is 95.5 Å². The van der Waals surface area contributed by atoms with Crippen molar-refractivity contribution in [1.82, 2.24) is 5.32 Å². The number of benzene rings is 1. The highest BCUT2D eigenvalue weighted by Gasteiger charge is 2.41. The molecule has 25 heavy (non-hydrogen) atoms. The number of carbonyl (C=O) groups is 3. The number of carbonyl (C=O) groups excluding carboxylic acids is 2. The molecule has 0 aromatic heterocycles. The minimum atomic E-state index is -4.52. The lowest BCUT2D eigenvalue weighted by Crippen LogP contribution is -2.41. The quantitative estimate of drug-likeness (QED) is 0.753. The normalized spacial score (nSPS) is 19.7. The van der Waals surface area contributed by atoms with Gasteiger partial charge in [0.15, 0.2) is 0 Å². The molecule has 1 aromatic carbocycles. The highest BCUT2D eigenvalue weighted by Crippen LogP contribution is 2.35. The molecule has 0 spiro atoms. The Morgan fingerprint density at radius 1 is 1.20 bits per heavy atom. The molecule has 2 rings (SSSR count). The van der Waals surface area contributed by atoms with Crippen LogP contribution in [0.4, 0.5) is 18.9 Å². The molecule has 2 unspecified atom stereocenters. The predicted molar refractivity (Wildman–Crippen MR) is 82.0 cm³/mol. The maximum absolute atomic E-state index is 12.2. The van der Waals surface area contributed by atoms with Crippen LogP contribution in [0.2, 0.25) is 0 Å². The van der Waals surface area contributed by atoms with Crippen molar-refractivity contribution in [3.63, 3.8) is 0 Å². The molecule has 136 valence electrons. The molecule has 1 aliphatic carbocycles. The van der Waals surface area contributed by atoms with Gasteiger partial charge in [-0.3, -0.25) is 14.4 Å². The Labute approximate surface area is 141 Å². The first-order chi connectivity index (χ1) is 11.6. The van der Waals surface area contributed by atoms with E-state index in [0.29, 0.717) is 18.4 Å². The van der Waals surface area contributed by atoms with Gasteiger partial charge in [-0.15, -0.1) is 0 Å². The van der Waals surface area contributed by atoms with Gasteiger partial charge in [-0.2, -0.15) is 13.2 Å². The molecule has 0 heterocycles. The average molecular weight is 358 g/mol. The van der Waals surface area contributed by atoms with E-state index in [9.17, 15) is 27.6 Å². The third-order valence-corrected chi connectivity index (χ3v) is 4.14. The number of aliphatic carboxylic acids is 1. The zero-order chi connectivity index (χ0) is 18.8. The van der Waals surface area contributed by atoms with Crippen molar-refractivity contribution < 1.29 is 32.7 Å². The van der Waals surface area contributed by atoms with E-state index in [1.165, 1.54) is 18.2 Å². The van der Waals surface area contributed by atoms with E-state index >= 15 is 0 Å². The first-order valence-corrected chi connectivity index (χ1v) is 7.58. The Bertz CT molecular complexity index is 703. The molecule has 9 heteroatoms. The summed E-state index contributed by atoms with van der Waals surface area (Å²) in [7, 11) is 0. The Morgan fingerprint density at radius 2 is 1.84 bits per heavy atom. The molecule has 1 aliphatic rings. The van der Waals surface area contributed by atoms with Gasteiger partial charge in [0.25, 0.3) is 5.91 Å². The highest BCUT2D eigenvalue weighted by molar-refractivity contribution is 5.99. The molecule has 1 aromatic rings. The number of rotatable bonds is 5. The van der Waals surface area contributed by atoms with Gasteiger partial charge in [0.2, 0.25) is 5.91 Å². The van der Waals surface area contributed by atoms with Gasteiger partial charge in [0.05, 0.1) is 11.8 Å². The largest absolute Gasteiger partial charge is 0.481 e. The minimum absolute atomic E-state index is 0.0338. The molecule has 0 radical (unpaired) electrons. The van der Waals surface area contributed by atoms with Crippen molar-refractivity contribution in [1.29, 1.82) is 0 Å². The second-order valence-electron chi connectivity index (χ2n) is 5.95. The number of aryl methyl sites for hydroxylation is 1.